The van der Waals surface area contributed by atoms with Crippen LogP contribution in [0, 0.1) is 5.82 Å². The summed E-state index contributed by atoms with van der Waals surface area (Å²) >= 11 is 0. The van der Waals surface area contributed by atoms with Gasteiger partial charge < -0.3 is 10.1 Å². The molecule has 20 heavy (non-hydrogen) atoms. The zero-order chi connectivity index (χ0) is 15.3. The van der Waals surface area contributed by atoms with Gasteiger partial charge in [0.05, 0.1) is 7.11 Å². The second-order valence-electron chi connectivity index (χ2n) is 3.82. The number of methoxy groups -OCH3 is 1. The van der Waals surface area contributed by atoms with Gasteiger partial charge >= 0.3 is 21.3 Å². The number of hydrogen-bond acceptors (Lipinski definition) is 5. The smallest absolute Gasteiger partial charge is 0.364 e. The van der Waals surface area contributed by atoms with Crippen LogP contribution >= 0.6 is 0 Å². The molecule has 0 saturated carbocycles. The Bertz CT molecular complexity index is 615. The summed E-state index contributed by atoms with van der Waals surface area (Å²) in [6, 6.07) is 3.82. The largest absolute Gasteiger partial charge is 0.467 e. The molecule has 0 heterocycles. The van der Waals surface area contributed by atoms with Gasteiger partial charge in [-0.2, -0.15) is 8.42 Å². The van der Waals surface area contributed by atoms with Gasteiger partial charge in [-0.3, -0.25) is 9.35 Å². The Kier molecular flexibility index (Phi) is 5.17. The number of esters is 1. The van der Waals surface area contributed by atoms with Crippen molar-refractivity contribution in [2.45, 2.75) is 12.5 Å². The van der Waals surface area contributed by atoms with Crippen molar-refractivity contribution in [3.8, 4) is 0 Å². The summed E-state index contributed by atoms with van der Waals surface area (Å²) in [5.41, 5.74) is 0.344. The molecule has 1 aromatic carbocycles. The highest BCUT2D eigenvalue weighted by atomic mass is 32.2. The number of amides is 1. The van der Waals surface area contributed by atoms with Crippen molar-refractivity contribution in [3.05, 3.63) is 35.6 Å². The molecule has 2 N–H and O–H groups in total. The van der Waals surface area contributed by atoms with E-state index in [2.05, 4.69) is 4.74 Å². The lowest BCUT2D eigenvalue weighted by molar-refractivity contribution is -0.142. The van der Waals surface area contributed by atoms with Gasteiger partial charge in [0.1, 0.15) is 11.9 Å². The molecule has 0 aromatic heterocycles. The standard InChI is InChI=1S/C11H12FNO6S/c1-19-10(14)9(13-11(15)20(16,17)18)6-7-3-2-4-8(12)5-7/h2-5,9H,6H2,1H3,(H,13,15)(H,16,17,18). The second-order valence-corrected chi connectivity index (χ2v) is 5.14. The van der Waals surface area contributed by atoms with Gasteiger partial charge in [-0.05, 0) is 17.7 Å². The van der Waals surface area contributed by atoms with Crippen LogP contribution in [0.3, 0.4) is 0 Å². The topological polar surface area (TPSA) is 110 Å². The Balaban J connectivity index is 2.91. The molecule has 0 aliphatic heterocycles. The molecule has 1 rings (SSSR count). The first-order valence-corrected chi connectivity index (χ1v) is 6.78. The molecule has 0 fully saturated rings. The summed E-state index contributed by atoms with van der Waals surface area (Å²) < 4.78 is 47.2. The zero-order valence-corrected chi connectivity index (χ0v) is 11.2. The fourth-order valence-corrected chi connectivity index (χ4v) is 1.74. The highest BCUT2D eigenvalue weighted by Gasteiger charge is 2.27. The summed E-state index contributed by atoms with van der Waals surface area (Å²) in [5.74, 6) is -1.47. The molecule has 7 nitrogen and oxygen atoms in total. The number of carbonyl (C=O) groups is 2. The third-order valence-corrected chi connectivity index (χ3v) is 2.93. The fraction of sp³-hybridized carbons (Fsp3) is 0.273. The van der Waals surface area contributed by atoms with Crippen LogP contribution in [-0.4, -0.2) is 37.3 Å². The first-order valence-electron chi connectivity index (χ1n) is 5.34. The Morgan fingerprint density at radius 1 is 1.45 bits per heavy atom. The molecule has 0 aliphatic rings. The van der Waals surface area contributed by atoms with Crippen molar-refractivity contribution in [1.82, 2.24) is 5.32 Å². The van der Waals surface area contributed by atoms with Crippen LogP contribution in [0.2, 0.25) is 0 Å². The summed E-state index contributed by atoms with van der Waals surface area (Å²) in [5, 5.41) is 0.0696. The normalized spacial score (nSPS) is 12.6. The van der Waals surface area contributed by atoms with Crippen LogP contribution in [0.1, 0.15) is 5.56 Å². The highest BCUT2D eigenvalue weighted by Crippen LogP contribution is 2.08. The fourth-order valence-electron chi connectivity index (χ4n) is 1.45. The van der Waals surface area contributed by atoms with Crippen LogP contribution in [0.25, 0.3) is 0 Å². The number of rotatable bonds is 4. The Morgan fingerprint density at radius 3 is 2.60 bits per heavy atom. The minimum atomic E-state index is -4.97. The Morgan fingerprint density at radius 2 is 2.10 bits per heavy atom. The summed E-state index contributed by atoms with van der Waals surface area (Å²) in [6.45, 7) is 0. The number of ether oxygens (including phenoxy) is 1. The molecule has 1 amide bonds. The molecular formula is C11H12FNO6S. The number of carbonyl (C=O) groups excluding carboxylic acids is 2. The van der Waals surface area contributed by atoms with Crippen LogP contribution in [0.15, 0.2) is 24.3 Å². The van der Waals surface area contributed by atoms with E-state index < -0.39 is 33.2 Å². The molecule has 110 valence electrons. The van der Waals surface area contributed by atoms with E-state index in [4.69, 9.17) is 4.55 Å². The maximum Gasteiger partial charge on any atom is 0.364 e. The van der Waals surface area contributed by atoms with Gasteiger partial charge in [0.15, 0.2) is 0 Å². The van der Waals surface area contributed by atoms with Gasteiger partial charge in [0.2, 0.25) is 0 Å². The maximum atomic E-state index is 13.0. The van der Waals surface area contributed by atoms with E-state index in [1.54, 1.807) is 5.32 Å². The Labute approximate surface area is 114 Å². The monoisotopic (exact) mass is 305 g/mol. The van der Waals surface area contributed by atoms with E-state index in [1.165, 1.54) is 18.2 Å². The summed E-state index contributed by atoms with van der Waals surface area (Å²) in [4.78, 5) is 22.6. The minimum absolute atomic E-state index is 0.189. The molecule has 0 radical (unpaired) electrons. The molecule has 9 heteroatoms. The molecule has 0 spiro atoms. The van der Waals surface area contributed by atoms with Gasteiger partial charge in [-0.1, -0.05) is 12.1 Å². The van der Waals surface area contributed by atoms with Crippen LogP contribution in [0.4, 0.5) is 9.18 Å². The zero-order valence-electron chi connectivity index (χ0n) is 10.4. The first kappa shape index (κ1) is 16.1. The third-order valence-electron chi connectivity index (χ3n) is 2.34. The van der Waals surface area contributed by atoms with E-state index in [1.807, 2.05) is 0 Å². The Hall–Kier alpha value is -2.00. The lowest BCUT2D eigenvalue weighted by Crippen LogP contribution is -2.44. The van der Waals surface area contributed by atoms with Crippen molar-refractivity contribution in [1.29, 1.82) is 0 Å². The average Bonchev–Trinajstić information content (AvgIpc) is 2.35. The second kappa shape index (κ2) is 6.44. The summed E-state index contributed by atoms with van der Waals surface area (Å²) in [7, 11) is -3.93. The first-order chi connectivity index (χ1) is 9.24. The molecule has 0 aliphatic carbocycles. The van der Waals surface area contributed by atoms with Gasteiger partial charge in [0, 0.05) is 6.42 Å². The van der Waals surface area contributed by atoms with Crippen molar-refractivity contribution in [3.63, 3.8) is 0 Å². The van der Waals surface area contributed by atoms with E-state index >= 15 is 0 Å². The van der Waals surface area contributed by atoms with Crippen molar-refractivity contribution >= 4 is 21.3 Å². The van der Waals surface area contributed by atoms with E-state index in [0.717, 1.165) is 13.2 Å². The van der Waals surface area contributed by atoms with Crippen LogP contribution < -0.4 is 5.32 Å². The van der Waals surface area contributed by atoms with E-state index in [0.29, 0.717) is 5.56 Å². The lowest BCUT2D eigenvalue weighted by atomic mass is 10.1. The van der Waals surface area contributed by atoms with Gasteiger partial charge in [0.25, 0.3) is 0 Å². The SMILES string of the molecule is COC(=O)C(Cc1cccc(F)c1)NC(=O)S(=O)(=O)O. The highest BCUT2D eigenvalue weighted by molar-refractivity contribution is 8.01. The number of nitrogens with one attached hydrogen (secondary N) is 1. The molecule has 1 atom stereocenters. The number of halogens is 1. The summed E-state index contributed by atoms with van der Waals surface area (Å²) in [6.07, 6.45) is -0.189. The lowest BCUT2D eigenvalue weighted by Gasteiger charge is -2.15. The predicted octanol–water partition coefficient (Wildman–Crippen LogP) is 0.507. The van der Waals surface area contributed by atoms with Crippen molar-refractivity contribution in [2.75, 3.05) is 7.11 Å². The average molecular weight is 305 g/mol. The molecular weight excluding hydrogens is 293 g/mol. The molecule has 1 unspecified atom stereocenters. The van der Waals surface area contributed by atoms with Crippen LogP contribution in [-0.2, 0) is 26.1 Å². The third kappa shape index (κ3) is 4.59. The predicted molar refractivity (Wildman–Crippen MR) is 66.0 cm³/mol. The van der Waals surface area contributed by atoms with Gasteiger partial charge in [-0.15, -0.1) is 0 Å². The van der Waals surface area contributed by atoms with E-state index in [-0.39, 0.29) is 6.42 Å². The number of hydrogen-bond donors (Lipinski definition) is 2. The molecule has 1 aromatic rings. The number of benzene rings is 1. The quantitative estimate of drug-likeness (QED) is 0.619. The van der Waals surface area contributed by atoms with Gasteiger partial charge in [-0.25, -0.2) is 9.18 Å². The maximum absolute atomic E-state index is 13.0. The van der Waals surface area contributed by atoms with Crippen LogP contribution in [0.5, 0.6) is 0 Å². The molecule has 0 bridgehead atoms. The van der Waals surface area contributed by atoms with Crippen molar-refractivity contribution < 1.29 is 31.7 Å². The molecule has 0 saturated heterocycles. The van der Waals surface area contributed by atoms with E-state index in [9.17, 15) is 22.4 Å². The van der Waals surface area contributed by atoms with Crippen molar-refractivity contribution in [2.24, 2.45) is 0 Å². The minimum Gasteiger partial charge on any atom is -0.467 e.